The second-order valence-corrected chi connectivity index (χ2v) is 7.09. The Kier molecular flexibility index (Phi) is 11.7. The molecule has 0 aliphatic carbocycles. The summed E-state index contributed by atoms with van der Waals surface area (Å²) in [5.74, 6) is -0.866. The maximum Gasteiger partial charge on any atom is 0.338 e. The Morgan fingerprint density at radius 3 is 2.62 bits per heavy atom. The van der Waals surface area contributed by atoms with E-state index in [1.54, 1.807) is 24.3 Å². The van der Waals surface area contributed by atoms with Crippen LogP contribution in [0.5, 0.6) is 0 Å². The molecule has 32 heavy (non-hydrogen) atoms. The summed E-state index contributed by atoms with van der Waals surface area (Å²) in [6.45, 7) is 5.77. The van der Waals surface area contributed by atoms with Gasteiger partial charge in [-0.2, -0.15) is 5.26 Å². The van der Waals surface area contributed by atoms with Crippen LogP contribution in [0.25, 0.3) is 0 Å². The molecule has 3 N–H and O–H groups in total. The van der Waals surface area contributed by atoms with Gasteiger partial charge in [0.05, 0.1) is 30.9 Å². The Bertz CT molecular complexity index is 958. The zero-order valence-electron chi connectivity index (χ0n) is 18.0. The molecule has 0 heterocycles. The highest BCUT2D eigenvalue weighted by Crippen LogP contribution is 2.09. The van der Waals surface area contributed by atoms with Crippen LogP contribution in [0.4, 0.5) is 0 Å². The lowest BCUT2D eigenvalue weighted by atomic mass is 10.0. The van der Waals surface area contributed by atoms with Crippen molar-refractivity contribution < 1.29 is 19.1 Å². The number of hydrogen-bond acceptors (Lipinski definition) is 6. The summed E-state index contributed by atoms with van der Waals surface area (Å²) >= 11 is 0. The number of nitriles is 1. The number of hydrogen-bond donors (Lipinski definition) is 2. The molecule has 0 aliphatic heterocycles. The first kappa shape index (κ1) is 26.9. The molecule has 2 aromatic carbocycles. The summed E-state index contributed by atoms with van der Waals surface area (Å²) in [5, 5.41) is 11.9. The van der Waals surface area contributed by atoms with Gasteiger partial charge in [-0.1, -0.05) is 54.6 Å². The average Bonchev–Trinajstić information content (AvgIpc) is 2.76. The number of benzene rings is 2. The monoisotopic (exact) mass is 457 g/mol. The van der Waals surface area contributed by atoms with Gasteiger partial charge in [-0.25, -0.2) is 4.79 Å². The number of rotatable bonds is 11. The van der Waals surface area contributed by atoms with Gasteiger partial charge >= 0.3 is 5.97 Å². The highest BCUT2D eigenvalue weighted by molar-refractivity contribution is 5.89. The smallest absolute Gasteiger partial charge is 0.338 e. The predicted octanol–water partition coefficient (Wildman–Crippen LogP) is 2.85. The summed E-state index contributed by atoms with van der Waals surface area (Å²) < 4.78 is 10.6. The fraction of sp³-hybridized carbons (Fsp3) is 0.292. The van der Waals surface area contributed by atoms with Crippen molar-refractivity contribution in [3.8, 4) is 6.07 Å². The first-order chi connectivity index (χ1) is 14.9. The van der Waals surface area contributed by atoms with Gasteiger partial charge in [0.1, 0.15) is 12.6 Å². The second kappa shape index (κ2) is 14.0. The van der Waals surface area contributed by atoms with E-state index in [2.05, 4.69) is 11.9 Å². The van der Waals surface area contributed by atoms with E-state index in [1.165, 1.54) is 6.08 Å². The number of nitrogens with zero attached hydrogens (tertiary/aromatic N) is 1. The molecule has 1 unspecified atom stereocenters. The molecular formula is C24H28ClN3O4. The van der Waals surface area contributed by atoms with Crippen molar-refractivity contribution in [2.24, 2.45) is 5.73 Å². The summed E-state index contributed by atoms with van der Waals surface area (Å²) in [7, 11) is 0. The van der Waals surface area contributed by atoms with Gasteiger partial charge in [-0.3, -0.25) is 4.79 Å². The molecule has 0 aromatic heterocycles. The van der Waals surface area contributed by atoms with Crippen LogP contribution in [0.15, 0.2) is 61.2 Å². The van der Waals surface area contributed by atoms with Gasteiger partial charge in [0.2, 0.25) is 5.91 Å². The van der Waals surface area contributed by atoms with Gasteiger partial charge in [0, 0.05) is 0 Å². The lowest BCUT2D eigenvalue weighted by molar-refractivity contribution is -0.123. The normalized spacial score (nSPS) is 11.9. The highest BCUT2D eigenvalue weighted by Gasteiger charge is 2.18. The Morgan fingerprint density at radius 2 is 1.94 bits per heavy atom. The first-order valence-electron chi connectivity index (χ1n) is 9.88. The minimum absolute atomic E-state index is 0. The molecule has 8 heteroatoms. The largest absolute Gasteiger partial charge is 0.458 e. The van der Waals surface area contributed by atoms with Crippen LogP contribution in [-0.4, -0.2) is 37.2 Å². The maximum atomic E-state index is 12.3. The minimum Gasteiger partial charge on any atom is -0.458 e. The third kappa shape index (κ3) is 8.90. The van der Waals surface area contributed by atoms with Crippen LogP contribution in [0, 0.1) is 18.3 Å². The molecule has 0 saturated carbocycles. The van der Waals surface area contributed by atoms with Crippen molar-refractivity contribution in [1.29, 1.82) is 5.26 Å². The number of ether oxygens (including phenoxy) is 2. The summed E-state index contributed by atoms with van der Waals surface area (Å²) in [5.41, 5.74) is 9.18. The molecule has 2 atom stereocenters. The van der Waals surface area contributed by atoms with E-state index >= 15 is 0 Å². The van der Waals surface area contributed by atoms with Crippen LogP contribution < -0.4 is 11.1 Å². The second-order valence-electron chi connectivity index (χ2n) is 7.09. The van der Waals surface area contributed by atoms with E-state index in [-0.39, 0.29) is 32.2 Å². The Morgan fingerprint density at radius 1 is 1.22 bits per heavy atom. The first-order valence-corrected chi connectivity index (χ1v) is 9.88. The van der Waals surface area contributed by atoms with Gasteiger partial charge in [-0.05, 0) is 36.6 Å². The molecule has 7 nitrogen and oxygen atoms in total. The van der Waals surface area contributed by atoms with E-state index in [0.717, 1.165) is 16.7 Å². The molecule has 1 amide bonds. The van der Waals surface area contributed by atoms with Crippen molar-refractivity contribution in [3.05, 3.63) is 83.4 Å². The molecule has 0 fully saturated rings. The molecule has 2 aromatic rings. The minimum atomic E-state index is -0.836. The van der Waals surface area contributed by atoms with E-state index < -0.39 is 24.0 Å². The molecule has 0 spiro atoms. The number of carbonyl (C=O) groups is 2. The van der Waals surface area contributed by atoms with E-state index in [4.69, 9.17) is 15.2 Å². The number of nitrogens with two attached hydrogens (primary N) is 1. The Balaban J connectivity index is 0.00000512. The number of halogens is 1. The number of amides is 1. The van der Waals surface area contributed by atoms with Crippen molar-refractivity contribution in [2.45, 2.75) is 32.0 Å². The third-order valence-electron chi connectivity index (χ3n) is 4.40. The summed E-state index contributed by atoms with van der Waals surface area (Å²) in [6, 6.07) is 15.0. The van der Waals surface area contributed by atoms with Crippen molar-refractivity contribution in [2.75, 3.05) is 13.2 Å². The quantitative estimate of drug-likeness (QED) is 0.396. The molecule has 170 valence electrons. The number of aryl methyl sites for hydroxylation is 1. The van der Waals surface area contributed by atoms with Crippen LogP contribution in [0.1, 0.15) is 27.0 Å². The topological polar surface area (TPSA) is 114 Å². The summed E-state index contributed by atoms with van der Waals surface area (Å²) in [4.78, 5) is 24.2. The lowest BCUT2D eigenvalue weighted by Crippen LogP contribution is -2.47. The van der Waals surface area contributed by atoms with Gasteiger partial charge < -0.3 is 20.5 Å². The summed E-state index contributed by atoms with van der Waals surface area (Å²) in [6.07, 6.45) is 1.87. The molecule has 0 saturated heterocycles. The van der Waals surface area contributed by atoms with Crippen molar-refractivity contribution in [1.82, 2.24) is 5.32 Å². The van der Waals surface area contributed by atoms with Gasteiger partial charge in [-0.15, -0.1) is 12.4 Å². The third-order valence-corrected chi connectivity index (χ3v) is 4.40. The van der Waals surface area contributed by atoms with Crippen LogP contribution in [0.2, 0.25) is 0 Å². The van der Waals surface area contributed by atoms with E-state index in [9.17, 15) is 14.9 Å². The number of nitrogens with one attached hydrogen (secondary N) is 1. The zero-order chi connectivity index (χ0) is 22.6. The maximum absolute atomic E-state index is 12.3. The SMILES string of the molecule is C=CCOC(=O)c1cccc(COCC(C#N)NC(=O)[C@@H](N)Cc2cccc(C)c2)c1.Cl. The Labute approximate surface area is 194 Å². The van der Waals surface area contributed by atoms with E-state index in [1.807, 2.05) is 37.3 Å². The number of esters is 1. The fourth-order valence-corrected chi connectivity index (χ4v) is 2.88. The highest BCUT2D eigenvalue weighted by atomic mass is 35.5. The number of carbonyl (C=O) groups excluding carboxylic acids is 2. The molecule has 0 bridgehead atoms. The fourth-order valence-electron chi connectivity index (χ4n) is 2.88. The van der Waals surface area contributed by atoms with Crippen LogP contribution >= 0.6 is 12.4 Å². The van der Waals surface area contributed by atoms with E-state index in [0.29, 0.717) is 12.0 Å². The van der Waals surface area contributed by atoms with Gasteiger partial charge in [0.25, 0.3) is 0 Å². The predicted molar refractivity (Wildman–Crippen MR) is 124 cm³/mol. The molecule has 0 radical (unpaired) electrons. The van der Waals surface area contributed by atoms with Crippen LogP contribution in [0.3, 0.4) is 0 Å². The molecular weight excluding hydrogens is 430 g/mol. The van der Waals surface area contributed by atoms with Crippen LogP contribution in [-0.2, 0) is 27.3 Å². The average molecular weight is 458 g/mol. The zero-order valence-corrected chi connectivity index (χ0v) is 18.8. The molecule has 0 aliphatic rings. The standard InChI is InChI=1S/C24H27N3O4.ClH/c1-3-10-31-24(29)20-9-5-8-19(12-20)15-30-16-21(14-25)27-23(28)22(26)13-18-7-4-6-17(2)11-18;/h3-9,11-12,21-22H,1,10,13,15-16,26H2,2H3,(H,27,28);1H/t21?,22-;/m0./s1. The molecule has 2 rings (SSSR count). The van der Waals surface area contributed by atoms with Crippen molar-refractivity contribution in [3.63, 3.8) is 0 Å². The van der Waals surface area contributed by atoms with Crippen molar-refractivity contribution >= 4 is 24.3 Å². The van der Waals surface area contributed by atoms with Gasteiger partial charge in [0.15, 0.2) is 0 Å². The Hall–Kier alpha value is -3.18. The lowest BCUT2D eigenvalue weighted by Gasteiger charge is -2.16.